The van der Waals surface area contributed by atoms with Crippen molar-refractivity contribution >= 4 is 22.7 Å². The van der Waals surface area contributed by atoms with Gasteiger partial charge in [0.15, 0.2) is 0 Å². The lowest BCUT2D eigenvalue weighted by atomic mass is 10.0. The topological polar surface area (TPSA) is 92.0 Å². The van der Waals surface area contributed by atoms with Gasteiger partial charge in [-0.1, -0.05) is 37.4 Å². The summed E-state index contributed by atoms with van der Waals surface area (Å²) in [6.45, 7) is 1.74. The second kappa shape index (κ2) is 7.15. The molecule has 1 saturated carbocycles. The van der Waals surface area contributed by atoms with E-state index in [1.54, 1.807) is 19.1 Å². The summed E-state index contributed by atoms with van der Waals surface area (Å²) in [4.78, 5) is 16.5. The van der Waals surface area contributed by atoms with Crippen LogP contribution in [0.1, 0.15) is 42.6 Å². The highest BCUT2D eigenvalue weighted by Crippen LogP contribution is 2.31. The number of hydrogen-bond acceptors (Lipinski definition) is 6. The molecule has 0 radical (unpaired) electrons. The Labute approximate surface area is 155 Å². The van der Waals surface area contributed by atoms with Crippen molar-refractivity contribution in [3.05, 3.63) is 45.6 Å². The number of aromatic nitrogens is 3. The molecule has 6 nitrogen and oxygen atoms in total. The second-order valence-electron chi connectivity index (χ2n) is 6.89. The van der Waals surface area contributed by atoms with E-state index in [4.69, 9.17) is 4.42 Å². The number of rotatable bonds is 5. The number of nitrogens with zero attached hydrogens (tertiary/aromatic N) is 2. The fraction of sp³-hybridized carbons (Fsp3) is 0.421. The van der Waals surface area contributed by atoms with Gasteiger partial charge in [-0.15, -0.1) is 5.10 Å². The molecule has 3 aromatic rings. The Balaban J connectivity index is 1.52. The van der Waals surface area contributed by atoms with Crippen LogP contribution in [-0.4, -0.2) is 20.3 Å². The van der Waals surface area contributed by atoms with Crippen LogP contribution in [0.15, 0.2) is 32.6 Å². The van der Waals surface area contributed by atoms with Gasteiger partial charge in [0.1, 0.15) is 17.2 Å². The van der Waals surface area contributed by atoms with Crippen molar-refractivity contribution in [2.24, 2.45) is 5.92 Å². The highest BCUT2D eigenvalue weighted by Gasteiger charge is 2.18. The van der Waals surface area contributed by atoms with Crippen LogP contribution in [0.3, 0.4) is 0 Å². The molecule has 4 rings (SSSR count). The number of phenols is 1. The van der Waals surface area contributed by atoms with E-state index in [1.807, 2.05) is 0 Å². The van der Waals surface area contributed by atoms with Crippen molar-refractivity contribution in [2.75, 3.05) is 0 Å². The summed E-state index contributed by atoms with van der Waals surface area (Å²) in [5, 5.41) is 18.7. The number of thioether (sulfide) groups is 1. The molecule has 0 spiro atoms. The zero-order chi connectivity index (χ0) is 18.1. The van der Waals surface area contributed by atoms with E-state index in [0.717, 1.165) is 29.1 Å². The third-order valence-corrected chi connectivity index (χ3v) is 5.94. The van der Waals surface area contributed by atoms with Gasteiger partial charge >= 0.3 is 5.63 Å². The third kappa shape index (κ3) is 3.49. The zero-order valence-electron chi connectivity index (χ0n) is 14.6. The fourth-order valence-electron chi connectivity index (χ4n) is 3.60. The number of fused-ring (bicyclic) bond motifs is 1. The molecule has 2 N–H and O–H groups in total. The van der Waals surface area contributed by atoms with Gasteiger partial charge in [0.25, 0.3) is 0 Å². The maximum atomic E-state index is 11.9. The molecule has 0 atom stereocenters. The second-order valence-corrected chi connectivity index (χ2v) is 7.83. The molecule has 1 fully saturated rings. The highest BCUT2D eigenvalue weighted by molar-refractivity contribution is 7.98. The Morgan fingerprint density at radius 2 is 2.15 bits per heavy atom. The number of phenolic OH excluding ortho intramolecular Hbond substituents is 1. The van der Waals surface area contributed by atoms with Crippen LogP contribution in [0, 0.1) is 12.8 Å². The smallest absolute Gasteiger partial charge is 0.336 e. The van der Waals surface area contributed by atoms with Gasteiger partial charge in [0, 0.05) is 29.2 Å². The van der Waals surface area contributed by atoms with Crippen molar-refractivity contribution in [3.8, 4) is 5.75 Å². The number of nitrogens with one attached hydrogen (secondary N) is 1. The van der Waals surface area contributed by atoms with Crippen LogP contribution in [0.4, 0.5) is 0 Å². The zero-order valence-corrected chi connectivity index (χ0v) is 15.4. The lowest BCUT2D eigenvalue weighted by Crippen LogP contribution is -2.01. The standard InChI is InChI=1S/C19H21N3O3S/c1-11-15(23)7-6-14-13(9-17(24)25-18(11)14)10-26-19-20-16(21-22-19)8-12-4-2-3-5-12/h6-7,9,12,23H,2-5,8,10H2,1H3,(H,20,21,22). The monoisotopic (exact) mass is 371 g/mol. The van der Waals surface area contributed by atoms with E-state index in [0.29, 0.717) is 22.1 Å². The summed E-state index contributed by atoms with van der Waals surface area (Å²) >= 11 is 1.49. The predicted molar refractivity (Wildman–Crippen MR) is 100 cm³/mol. The summed E-state index contributed by atoms with van der Waals surface area (Å²) in [6, 6.07) is 4.90. The minimum Gasteiger partial charge on any atom is -0.508 e. The molecule has 2 aromatic heterocycles. The average Bonchev–Trinajstić information content (AvgIpc) is 3.29. The van der Waals surface area contributed by atoms with E-state index in [2.05, 4.69) is 15.2 Å². The van der Waals surface area contributed by atoms with Crippen molar-refractivity contribution in [3.63, 3.8) is 0 Å². The Bertz CT molecular complexity index is 989. The summed E-state index contributed by atoms with van der Waals surface area (Å²) in [5.74, 6) is 2.35. The number of aromatic amines is 1. The Hall–Kier alpha value is -2.28. The number of aromatic hydroxyl groups is 1. The van der Waals surface area contributed by atoms with E-state index in [9.17, 15) is 9.90 Å². The van der Waals surface area contributed by atoms with Gasteiger partial charge in [-0.25, -0.2) is 9.78 Å². The molecule has 0 amide bonds. The molecule has 0 bridgehead atoms. The van der Waals surface area contributed by atoms with Crippen LogP contribution >= 0.6 is 11.8 Å². The van der Waals surface area contributed by atoms with Gasteiger partial charge in [0.05, 0.1) is 0 Å². The molecule has 26 heavy (non-hydrogen) atoms. The molecule has 0 aliphatic heterocycles. The molecular weight excluding hydrogens is 350 g/mol. The molecule has 1 aliphatic rings. The maximum Gasteiger partial charge on any atom is 0.336 e. The Morgan fingerprint density at radius 1 is 1.35 bits per heavy atom. The maximum absolute atomic E-state index is 11.9. The van der Waals surface area contributed by atoms with Gasteiger partial charge in [-0.05, 0) is 30.5 Å². The SMILES string of the molecule is Cc1c(O)ccc2c(CSc3n[nH]c(CC4CCCC4)n3)cc(=O)oc12. The van der Waals surface area contributed by atoms with Crippen molar-refractivity contribution in [1.82, 2.24) is 15.2 Å². The summed E-state index contributed by atoms with van der Waals surface area (Å²) in [6.07, 6.45) is 6.16. The van der Waals surface area contributed by atoms with Gasteiger partial charge in [-0.2, -0.15) is 0 Å². The van der Waals surface area contributed by atoms with E-state index in [-0.39, 0.29) is 5.75 Å². The first-order valence-corrected chi connectivity index (χ1v) is 9.88. The predicted octanol–water partition coefficient (Wildman–Crippen LogP) is 3.95. The Morgan fingerprint density at radius 3 is 2.96 bits per heavy atom. The molecule has 0 saturated heterocycles. The molecule has 0 unspecified atom stereocenters. The summed E-state index contributed by atoms with van der Waals surface area (Å²) in [7, 11) is 0. The van der Waals surface area contributed by atoms with Crippen LogP contribution in [0.2, 0.25) is 0 Å². The first-order valence-electron chi connectivity index (χ1n) is 8.89. The van der Waals surface area contributed by atoms with E-state index in [1.165, 1.54) is 43.5 Å². The normalized spacial score (nSPS) is 15.1. The molecule has 2 heterocycles. The lowest BCUT2D eigenvalue weighted by molar-refractivity contribution is 0.468. The van der Waals surface area contributed by atoms with Crippen LogP contribution in [0.25, 0.3) is 11.0 Å². The quantitative estimate of drug-likeness (QED) is 0.521. The molecule has 1 aliphatic carbocycles. The third-order valence-electron chi connectivity index (χ3n) is 5.04. The number of aryl methyl sites for hydroxylation is 1. The first-order chi connectivity index (χ1) is 12.6. The van der Waals surface area contributed by atoms with Crippen LogP contribution in [0.5, 0.6) is 5.75 Å². The van der Waals surface area contributed by atoms with Crippen LogP contribution < -0.4 is 5.63 Å². The number of benzene rings is 1. The van der Waals surface area contributed by atoms with E-state index >= 15 is 0 Å². The van der Waals surface area contributed by atoms with Gasteiger partial charge in [-0.3, -0.25) is 5.10 Å². The van der Waals surface area contributed by atoms with E-state index < -0.39 is 5.63 Å². The first kappa shape index (κ1) is 17.1. The summed E-state index contributed by atoms with van der Waals surface area (Å²) < 4.78 is 5.28. The highest BCUT2D eigenvalue weighted by atomic mass is 32.2. The minimum atomic E-state index is -0.418. The largest absolute Gasteiger partial charge is 0.508 e. The van der Waals surface area contributed by atoms with Gasteiger partial charge < -0.3 is 9.52 Å². The minimum absolute atomic E-state index is 0.121. The fourth-order valence-corrected chi connectivity index (χ4v) is 4.41. The molecular formula is C19H21N3O3S. The molecule has 136 valence electrons. The Kier molecular flexibility index (Phi) is 4.72. The molecule has 7 heteroatoms. The summed E-state index contributed by atoms with van der Waals surface area (Å²) in [5.41, 5.74) is 1.44. The number of hydrogen-bond donors (Lipinski definition) is 2. The van der Waals surface area contributed by atoms with Crippen molar-refractivity contribution in [1.29, 1.82) is 0 Å². The lowest BCUT2D eigenvalue weighted by Gasteiger charge is -2.07. The van der Waals surface area contributed by atoms with Gasteiger partial charge in [0.2, 0.25) is 5.16 Å². The molecule has 1 aromatic carbocycles. The average molecular weight is 371 g/mol. The van der Waals surface area contributed by atoms with Crippen LogP contribution in [-0.2, 0) is 12.2 Å². The van der Waals surface area contributed by atoms with Crippen molar-refractivity contribution < 1.29 is 9.52 Å². The number of H-pyrrole nitrogens is 1. The van der Waals surface area contributed by atoms with Crippen molar-refractivity contribution in [2.45, 2.75) is 49.9 Å².